The lowest BCUT2D eigenvalue weighted by Crippen LogP contribution is -2.15. The lowest BCUT2D eigenvalue weighted by atomic mass is 10.3. The molecular weight excluding hydrogens is 397 g/mol. The van der Waals surface area contributed by atoms with Crippen LogP contribution in [-0.2, 0) is 4.79 Å². The molecule has 0 aliphatic rings. The summed E-state index contributed by atoms with van der Waals surface area (Å²) < 4.78 is 6.84. The summed E-state index contributed by atoms with van der Waals surface area (Å²) >= 11 is 13.1. The van der Waals surface area contributed by atoms with E-state index in [1.807, 2.05) is 18.2 Å². The first kappa shape index (κ1) is 18.5. The van der Waals surface area contributed by atoms with Gasteiger partial charge in [0.05, 0.1) is 23.6 Å². The number of hydrogen-bond donors (Lipinski definition) is 1. The Kier molecular flexibility index (Phi) is 5.97. The molecule has 1 aromatic heterocycles. The number of nitrogens with zero attached hydrogens (tertiary/aromatic N) is 4. The molecule has 134 valence electrons. The number of carbonyl (C=O) groups excluding carboxylic acids is 1. The Labute approximate surface area is 163 Å². The van der Waals surface area contributed by atoms with Crippen molar-refractivity contribution >= 4 is 46.6 Å². The van der Waals surface area contributed by atoms with Gasteiger partial charge in [-0.05, 0) is 40.8 Å². The standard InChI is InChI=1S/C16H13Cl2N5O2S/c1-25-14-5-3-2-4-13(14)23-16(20-21-22-23)26-9-15(24)19-12-7-6-10(17)8-11(12)18/h2-8H,9H2,1H3,(H,19,24). The minimum Gasteiger partial charge on any atom is -0.494 e. The van der Waals surface area contributed by atoms with Crippen LogP contribution in [0.3, 0.4) is 0 Å². The quantitative estimate of drug-likeness (QED) is 0.624. The third kappa shape index (κ3) is 4.27. The molecule has 2 aromatic carbocycles. The maximum atomic E-state index is 12.2. The number of tetrazole rings is 1. The Morgan fingerprint density at radius 1 is 1.27 bits per heavy atom. The second kappa shape index (κ2) is 8.39. The monoisotopic (exact) mass is 409 g/mol. The number of aromatic nitrogens is 4. The van der Waals surface area contributed by atoms with Gasteiger partial charge in [-0.1, -0.05) is 47.1 Å². The third-order valence-electron chi connectivity index (χ3n) is 3.29. The Bertz CT molecular complexity index is 935. The molecule has 0 unspecified atom stereocenters. The number of rotatable bonds is 6. The van der Waals surface area contributed by atoms with E-state index in [2.05, 4.69) is 20.8 Å². The van der Waals surface area contributed by atoms with E-state index in [0.29, 0.717) is 32.3 Å². The summed E-state index contributed by atoms with van der Waals surface area (Å²) in [6.07, 6.45) is 0. The SMILES string of the molecule is COc1ccccc1-n1nnnc1SCC(=O)Nc1ccc(Cl)cc1Cl. The molecule has 0 atom stereocenters. The zero-order valence-corrected chi connectivity index (χ0v) is 15.8. The van der Waals surface area contributed by atoms with Crippen molar-refractivity contribution < 1.29 is 9.53 Å². The summed E-state index contributed by atoms with van der Waals surface area (Å²) in [5.74, 6) is 0.488. The smallest absolute Gasteiger partial charge is 0.234 e. The molecule has 0 saturated heterocycles. The number of anilines is 1. The molecule has 0 aliphatic carbocycles. The molecule has 7 nitrogen and oxygen atoms in total. The number of carbonyl (C=O) groups is 1. The van der Waals surface area contributed by atoms with E-state index in [4.69, 9.17) is 27.9 Å². The van der Waals surface area contributed by atoms with Crippen LogP contribution in [-0.4, -0.2) is 39.0 Å². The van der Waals surface area contributed by atoms with Crippen LogP contribution < -0.4 is 10.1 Å². The van der Waals surface area contributed by atoms with E-state index in [0.717, 1.165) is 0 Å². The average molecular weight is 410 g/mol. The van der Waals surface area contributed by atoms with Gasteiger partial charge in [0.1, 0.15) is 11.4 Å². The van der Waals surface area contributed by atoms with Gasteiger partial charge in [-0.15, -0.1) is 5.10 Å². The van der Waals surface area contributed by atoms with E-state index >= 15 is 0 Å². The van der Waals surface area contributed by atoms with E-state index < -0.39 is 0 Å². The first-order valence-corrected chi connectivity index (χ1v) is 9.12. The minimum absolute atomic E-state index is 0.106. The van der Waals surface area contributed by atoms with Crippen LogP contribution in [0.1, 0.15) is 0 Å². The molecule has 10 heteroatoms. The molecule has 0 aliphatic heterocycles. The Hall–Kier alpha value is -2.29. The Balaban J connectivity index is 1.69. The summed E-state index contributed by atoms with van der Waals surface area (Å²) in [5.41, 5.74) is 1.18. The van der Waals surface area contributed by atoms with Gasteiger partial charge in [-0.25, -0.2) is 0 Å². The van der Waals surface area contributed by atoms with Crippen molar-refractivity contribution in [2.75, 3.05) is 18.2 Å². The fourth-order valence-corrected chi connectivity index (χ4v) is 3.27. The minimum atomic E-state index is -0.242. The topological polar surface area (TPSA) is 81.9 Å². The van der Waals surface area contributed by atoms with Crippen molar-refractivity contribution in [2.24, 2.45) is 0 Å². The van der Waals surface area contributed by atoms with Crippen molar-refractivity contribution in [1.82, 2.24) is 20.2 Å². The van der Waals surface area contributed by atoms with Crippen LogP contribution in [0.4, 0.5) is 5.69 Å². The summed E-state index contributed by atoms with van der Waals surface area (Å²) in [5, 5.41) is 15.7. The number of amides is 1. The van der Waals surface area contributed by atoms with Gasteiger partial charge < -0.3 is 10.1 Å². The molecule has 1 N–H and O–H groups in total. The number of thioether (sulfide) groups is 1. The second-order valence-corrected chi connectivity index (χ2v) is 6.79. The van der Waals surface area contributed by atoms with E-state index in [1.54, 1.807) is 31.4 Å². The highest BCUT2D eigenvalue weighted by Gasteiger charge is 2.15. The second-order valence-electron chi connectivity index (χ2n) is 5.01. The van der Waals surface area contributed by atoms with Gasteiger partial charge in [0.2, 0.25) is 11.1 Å². The lowest BCUT2D eigenvalue weighted by Gasteiger charge is -2.09. The molecule has 0 saturated carbocycles. The number of halogens is 2. The van der Waals surface area contributed by atoms with Crippen LogP contribution in [0.25, 0.3) is 5.69 Å². The summed E-state index contributed by atoms with van der Waals surface area (Å²) in [6.45, 7) is 0. The largest absolute Gasteiger partial charge is 0.494 e. The van der Waals surface area contributed by atoms with Crippen molar-refractivity contribution in [3.63, 3.8) is 0 Å². The molecule has 0 radical (unpaired) electrons. The average Bonchev–Trinajstić information content (AvgIpc) is 3.10. The molecule has 0 spiro atoms. The molecular formula is C16H13Cl2N5O2S. The molecule has 3 aromatic rings. The maximum Gasteiger partial charge on any atom is 0.234 e. The zero-order chi connectivity index (χ0) is 18.5. The lowest BCUT2D eigenvalue weighted by molar-refractivity contribution is -0.113. The predicted molar refractivity (Wildman–Crippen MR) is 102 cm³/mol. The molecule has 26 heavy (non-hydrogen) atoms. The summed E-state index contributed by atoms with van der Waals surface area (Å²) in [7, 11) is 1.57. The van der Waals surface area contributed by atoms with Gasteiger partial charge in [0.15, 0.2) is 0 Å². The highest BCUT2D eigenvalue weighted by atomic mass is 35.5. The molecule has 1 heterocycles. The molecule has 1 amide bonds. The third-order valence-corrected chi connectivity index (χ3v) is 4.76. The van der Waals surface area contributed by atoms with E-state index in [1.165, 1.54) is 16.4 Å². The van der Waals surface area contributed by atoms with Crippen molar-refractivity contribution in [3.8, 4) is 11.4 Å². The molecule has 3 rings (SSSR count). The number of methoxy groups -OCH3 is 1. The Morgan fingerprint density at radius 2 is 2.08 bits per heavy atom. The first-order chi connectivity index (χ1) is 12.6. The summed E-state index contributed by atoms with van der Waals surface area (Å²) in [6, 6.07) is 12.2. The highest BCUT2D eigenvalue weighted by molar-refractivity contribution is 7.99. The van der Waals surface area contributed by atoms with Crippen LogP contribution >= 0.6 is 35.0 Å². The highest BCUT2D eigenvalue weighted by Crippen LogP contribution is 2.27. The van der Waals surface area contributed by atoms with E-state index in [-0.39, 0.29) is 11.7 Å². The van der Waals surface area contributed by atoms with Crippen LogP contribution in [0.2, 0.25) is 10.0 Å². The molecule has 0 fully saturated rings. The fourth-order valence-electron chi connectivity index (χ4n) is 2.13. The number of para-hydroxylation sites is 2. The fraction of sp³-hybridized carbons (Fsp3) is 0.125. The van der Waals surface area contributed by atoms with Crippen molar-refractivity contribution in [1.29, 1.82) is 0 Å². The van der Waals surface area contributed by atoms with Crippen molar-refractivity contribution in [2.45, 2.75) is 5.16 Å². The van der Waals surface area contributed by atoms with Gasteiger partial charge in [0.25, 0.3) is 0 Å². The number of ether oxygens (including phenoxy) is 1. The van der Waals surface area contributed by atoms with Crippen molar-refractivity contribution in [3.05, 3.63) is 52.5 Å². The number of hydrogen-bond acceptors (Lipinski definition) is 6. The Morgan fingerprint density at radius 3 is 2.85 bits per heavy atom. The van der Waals surface area contributed by atoms with Crippen LogP contribution in [0.5, 0.6) is 5.75 Å². The molecule has 0 bridgehead atoms. The number of benzene rings is 2. The van der Waals surface area contributed by atoms with Gasteiger partial charge in [-0.2, -0.15) is 4.68 Å². The van der Waals surface area contributed by atoms with Crippen LogP contribution in [0.15, 0.2) is 47.6 Å². The zero-order valence-electron chi connectivity index (χ0n) is 13.5. The first-order valence-electron chi connectivity index (χ1n) is 7.38. The van der Waals surface area contributed by atoms with Gasteiger partial charge >= 0.3 is 0 Å². The van der Waals surface area contributed by atoms with E-state index in [9.17, 15) is 4.79 Å². The summed E-state index contributed by atoms with van der Waals surface area (Å²) in [4.78, 5) is 12.2. The maximum absolute atomic E-state index is 12.2. The van der Waals surface area contributed by atoms with Crippen LogP contribution in [0, 0.1) is 0 Å². The van der Waals surface area contributed by atoms with Gasteiger partial charge in [0, 0.05) is 5.02 Å². The van der Waals surface area contributed by atoms with Gasteiger partial charge in [-0.3, -0.25) is 4.79 Å². The normalized spacial score (nSPS) is 10.6. The predicted octanol–water partition coefficient (Wildman–Crippen LogP) is 3.71. The number of nitrogens with one attached hydrogen (secondary N) is 1.